The number of hydrogen-bond donors (Lipinski definition) is 1. The molecule has 0 bridgehead atoms. The van der Waals surface area contributed by atoms with Crippen molar-refractivity contribution >= 4 is 11.8 Å². The lowest BCUT2D eigenvalue weighted by Crippen LogP contribution is -2.27. The van der Waals surface area contributed by atoms with Crippen LogP contribution in [0.4, 0.5) is 0 Å². The standard InChI is InChI=1S/C13H27NS/c1-5-8-14-12-6-7-13(9-12)15-11(4)10(2)3/h10-14H,5-9H2,1-4H3. The molecule has 0 heterocycles. The normalized spacial score (nSPS) is 28.6. The van der Waals surface area contributed by atoms with Gasteiger partial charge in [0.2, 0.25) is 0 Å². The smallest absolute Gasteiger partial charge is 0.00779 e. The zero-order valence-corrected chi connectivity index (χ0v) is 11.6. The van der Waals surface area contributed by atoms with Gasteiger partial charge < -0.3 is 5.32 Å². The molecule has 0 spiro atoms. The fourth-order valence-electron chi connectivity index (χ4n) is 2.06. The van der Waals surface area contributed by atoms with Crippen LogP contribution in [0.1, 0.15) is 53.4 Å². The molecule has 3 atom stereocenters. The van der Waals surface area contributed by atoms with Crippen molar-refractivity contribution in [2.45, 2.75) is 69.9 Å². The molecule has 0 aromatic rings. The highest BCUT2D eigenvalue weighted by molar-refractivity contribution is 8.00. The molecule has 0 saturated heterocycles. The highest BCUT2D eigenvalue weighted by Crippen LogP contribution is 2.34. The Morgan fingerprint density at radius 3 is 2.60 bits per heavy atom. The van der Waals surface area contributed by atoms with Crippen LogP contribution in [0.2, 0.25) is 0 Å². The average molecular weight is 229 g/mol. The monoisotopic (exact) mass is 229 g/mol. The number of rotatable bonds is 6. The van der Waals surface area contributed by atoms with Gasteiger partial charge >= 0.3 is 0 Å². The summed E-state index contributed by atoms with van der Waals surface area (Å²) >= 11 is 2.21. The summed E-state index contributed by atoms with van der Waals surface area (Å²) in [6.45, 7) is 10.5. The van der Waals surface area contributed by atoms with Crippen LogP contribution in [0, 0.1) is 5.92 Å². The molecule has 15 heavy (non-hydrogen) atoms. The second-order valence-corrected chi connectivity index (χ2v) is 6.85. The topological polar surface area (TPSA) is 12.0 Å². The predicted octanol–water partition coefficient (Wildman–Crippen LogP) is 3.68. The Balaban J connectivity index is 2.18. The molecule has 90 valence electrons. The Labute approximate surface area is 99.8 Å². The average Bonchev–Trinajstić information content (AvgIpc) is 2.62. The van der Waals surface area contributed by atoms with E-state index < -0.39 is 0 Å². The fraction of sp³-hybridized carbons (Fsp3) is 1.00. The molecule has 1 rings (SSSR count). The van der Waals surface area contributed by atoms with Crippen molar-refractivity contribution in [1.29, 1.82) is 0 Å². The van der Waals surface area contributed by atoms with Gasteiger partial charge in [0, 0.05) is 16.5 Å². The molecule has 1 saturated carbocycles. The molecule has 0 radical (unpaired) electrons. The van der Waals surface area contributed by atoms with E-state index in [1.165, 1.54) is 32.2 Å². The van der Waals surface area contributed by atoms with E-state index in [9.17, 15) is 0 Å². The Kier molecular flexibility index (Phi) is 6.06. The van der Waals surface area contributed by atoms with Crippen molar-refractivity contribution in [2.24, 2.45) is 5.92 Å². The van der Waals surface area contributed by atoms with E-state index in [0.29, 0.717) is 0 Å². The van der Waals surface area contributed by atoms with Crippen molar-refractivity contribution in [2.75, 3.05) is 6.54 Å². The summed E-state index contributed by atoms with van der Waals surface area (Å²) in [5, 5.41) is 5.38. The lowest BCUT2D eigenvalue weighted by molar-refractivity contribution is 0.524. The highest BCUT2D eigenvalue weighted by atomic mass is 32.2. The minimum atomic E-state index is 0.807. The van der Waals surface area contributed by atoms with Crippen LogP contribution in [-0.4, -0.2) is 23.1 Å². The molecule has 1 fully saturated rings. The maximum absolute atomic E-state index is 3.65. The largest absolute Gasteiger partial charge is 0.314 e. The van der Waals surface area contributed by atoms with Gasteiger partial charge in [0.15, 0.2) is 0 Å². The third-order valence-corrected chi connectivity index (χ3v) is 5.20. The van der Waals surface area contributed by atoms with Gasteiger partial charge in [-0.05, 0) is 38.1 Å². The van der Waals surface area contributed by atoms with Crippen LogP contribution in [0.25, 0.3) is 0 Å². The third-order valence-electron chi connectivity index (χ3n) is 3.41. The summed E-state index contributed by atoms with van der Waals surface area (Å²) in [5.74, 6) is 0.817. The Morgan fingerprint density at radius 1 is 1.27 bits per heavy atom. The molecule has 0 aliphatic heterocycles. The first-order chi connectivity index (χ1) is 7.13. The Bertz CT molecular complexity index is 170. The van der Waals surface area contributed by atoms with Crippen LogP contribution in [0.15, 0.2) is 0 Å². The maximum atomic E-state index is 3.65. The van der Waals surface area contributed by atoms with Gasteiger partial charge in [-0.25, -0.2) is 0 Å². The van der Waals surface area contributed by atoms with Crippen molar-refractivity contribution in [3.63, 3.8) is 0 Å². The van der Waals surface area contributed by atoms with Crippen molar-refractivity contribution in [3.8, 4) is 0 Å². The van der Waals surface area contributed by atoms with Gasteiger partial charge in [-0.15, -0.1) is 0 Å². The van der Waals surface area contributed by atoms with Crippen LogP contribution in [0.5, 0.6) is 0 Å². The molecule has 1 nitrogen and oxygen atoms in total. The van der Waals surface area contributed by atoms with Gasteiger partial charge in [0.25, 0.3) is 0 Å². The summed E-state index contributed by atoms with van der Waals surface area (Å²) in [4.78, 5) is 0. The van der Waals surface area contributed by atoms with Crippen LogP contribution in [-0.2, 0) is 0 Å². The zero-order valence-electron chi connectivity index (χ0n) is 10.8. The van der Waals surface area contributed by atoms with Gasteiger partial charge in [-0.2, -0.15) is 11.8 Å². The number of nitrogens with one attached hydrogen (secondary N) is 1. The first kappa shape index (κ1) is 13.4. The SMILES string of the molecule is CCCNC1CCC(SC(C)C(C)C)C1. The summed E-state index contributed by atoms with van der Waals surface area (Å²) in [6, 6.07) is 0.807. The van der Waals surface area contributed by atoms with E-state index in [4.69, 9.17) is 0 Å². The number of hydrogen-bond acceptors (Lipinski definition) is 2. The minimum absolute atomic E-state index is 0.807. The van der Waals surface area contributed by atoms with E-state index in [2.05, 4.69) is 44.8 Å². The fourth-order valence-corrected chi connectivity index (χ4v) is 3.60. The van der Waals surface area contributed by atoms with E-state index in [-0.39, 0.29) is 0 Å². The van der Waals surface area contributed by atoms with Crippen LogP contribution >= 0.6 is 11.8 Å². The van der Waals surface area contributed by atoms with Gasteiger partial charge in [-0.3, -0.25) is 0 Å². The third kappa shape index (κ3) is 4.78. The van der Waals surface area contributed by atoms with Crippen molar-refractivity contribution < 1.29 is 0 Å². The number of thioether (sulfide) groups is 1. The maximum Gasteiger partial charge on any atom is 0.00779 e. The van der Waals surface area contributed by atoms with Gasteiger partial charge in [0.05, 0.1) is 0 Å². The molecular formula is C13H27NS. The summed E-state index contributed by atoms with van der Waals surface area (Å²) in [5.41, 5.74) is 0. The molecule has 1 N–H and O–H groups in total. The summed E-state index contributed by atoms with van der Waals surface area (Å²) < 4.78 is 0. The molecule has 3 unspecified atom stereocenters. The Hall–Kier alpha value is 0.310. The van der Waals surface area contributed by atoms with E-state index >= 15 is 0 Å². The van der Waals surface area contributed by atoms with Gasteiger partial charge in [-0.1, -0.05) is 27.7 Å². The van der Waals surface area contributed by atoms with E-state index in [0.717, 1.165) is 22.5 Å². The van der Waals surface area contributed by atoms with Crippen LogP contribution < -0.4 is 5.32 Å². The van der Waals surface area contributed by atoms with Crippen molar-refractivity contribution in [1.82, 2.24) is 5.32 Å². The first-order valence-corrected chi connectivity index (χ1v) is 7.46. The molecule has 0 amide bonds. The molecule has 1 aliphatic rings. The highest BCUT2D eigenvalue weighted by Gasteiger charge is 2.26. The quantitative estimate of drug-likeness (QED) is 0.745. The van der Waals surface area contributed by atoms with Gasteiger partial charge in [0.1, 0.15) is 0 Å². The first-order valence-electron chi connectivity index (χ1n) is 6.52. The van der Waals surface area contributed by atoms with E-state index in [1.54, 1.807) is 0 Å². The summed E-state index contributed by atoms with van der Waals surface area (Å²) in [7, 11) is 0. The molecule has 2 heteroatoms. The Morgan fingerprint density at radius 2 is 2.00 bits per heavy atom. The molecule has 0 aromatic heterocycles. The minimum Gasteiger partial charge on any atom is -0.314 e. The summed E-state index contributed by atoms with van der Waals surface area (Å²) in [6.07, 6.45) is 5.46. The molecule has 0 aromatic carbocycles. The second kappa shape index (κ2) is 6.80. The van der Waals surface area contributed by atoms with E-state index in [1.807, 2.05) is 0 Å². The zero-order chi connectivity index (χ0) is 11.3. The van der Waals surface area contributed by atoms with Crippen molar-refractivity contribution in [3.05, 3.63) is 0 Å². The molecular weight excluding hydrogens is 202 g/mol. The second-order valence-electron chi connectivity index (χ2n) is 5.17. The lowest BCUT2D eigenvalue weighted by atomic mass is 10.2. The predicted molar refractivity (Wildman–Crippen MR) is 71.6 cm³/mol. The van der Waals surface area contributed by atoms with Crippen LogP contribution in [0.3, 0.4) is 0 Å². The molecule has 1 aliphatic carbocycles. The lowest BCUT2D eigenvalue weighted by Gasteiger charge is -2.19.